The molecule has 2 aromatic carbocycles. The molecular formula is C27H30FN5O2. The van der Waals surface area contributed by atoms with Crippen molar-refractivity contribution < 1.29 is 14.6 Å². The van der Waals surface area contributed by atoms with E-state index < -0.39 is 5.82 Å². The Kier molecular flexibility index (Phi) is 6.40. The molecule has 0 spiro atoms. The van der Waals surface area contributed by atoms with Crippen molar-refractivity contribution in [1.82, 2.24) is 25.1 Å². The van der Waals surface area contributed by atoms with Crippen molar-refractivity contribution in [3.63, 3.8) is 0 Å². The number of rotatable bonds is 7. The summed E-state index contributed by atoms with van der Waals surface area (Å²) < 4.78 is 15.6. The molecule has 1 unspecified atom stereocenters. The normalized spacial score (nSPS) is 16.7. The molecule has 0 amide bonds. The predicted octanol–water partition coefficient (Wildman–Crippen LogP) is 4.89. The molecule has 35 heavy (non-hydrogen) atoms. The number of aliphatic hydroxyl groups is 1. The molecule has 3 heterocycles. The molecule has 7 nitrogen and oxygen atoms in total. The fourth-order valence-electron chi connectivity index (χ4n) is 4.85. The molecule has 1 atom stereocenters. The van der Waals surface area contributed by atoms with E-state index in [-0.39, 0.29) is 17.9 Å². The number of fused-ring (bicyclic) bond motifs is 1. The van der Waals surface area contributed by atoms with E-state index >= 15 is 4.39 Å². The molecule has 0 saturated carbocycles. The van der Waals surface area contributed by atoms with Crippen molar-refractivity contribution >= 4 is 16.5 Å². The monoisotopic (exact) mass is 475 g/mol. The highest BCUT2D eigenvalue weighted by atomic mass is 19.1. The Bertz CT molecular complexity index is 1390. The van der Waals surface area contributed by atoms with Crippen LogP contribution in [0.3, 0.4) is 0 Å². The lowest BCUT2D eigenvalue weighted by molar-refractivity contribution is 0.196. The maximum Gasteiger partial charge on any atom is 0.159 e. The Hall–Kier alpha value is -3.49. The predicted molar refractivity (Wildman–Crippen MR) is 135 cm³/mol. The summed E-state index contributed by atoms with van der Waals surface area (Å²) in [4.78, 5) is 10.3. The molecule has 1 aliphatic rings. The molecule has 182 valence electrons. The van der Waals surface area contributed by atoms with Gasteiger partial charge in [0.15, 0.2) is 11.6 Å². The number of aromatic amines is 2. The molecule has 0 aliphatic carbocycles. The van der Waals surface area contributed by atoms with Gasteiger partial charge in [-0.2, -0.15) is 5.10 Å². The number of benzene rings is 2. The molecule has 4 N–H and O–H groups in total. The molecule has 0 fully saturated rings. The number of aromatic nitrogens is 4. The van der Waals surface area contributed by atoms with E-state index in [9.17, 15) is 10.2 Å². The van der Waals surface area contributed by atoms with E-state index in [0.29, 0.717) is 34.9 Å². The lowest BCUT2D eigenvalue weighted by Gasteiger charge is -2.32. The van der Waals surface area contributed by atoms with Gasteiger partial charge >= 0.3 is 0 Å². The average molecular weight is 476 g/mol. The number of aliphatic hydroxyl groups excluding tert-OH is 1. The van der Waals surface area contributed by atoms with Crippen molar-refractivity contribution in [1.29, 1.82) is 0 Å². The Labute approximate surface area is 203 Å². The largest absolute Gasteiger partial charge is 0.508 e. The Morgan fingerprint density at radius 2 is 2.03 bits per heavy atom. The van der Waals surface area contributed by atoms with Crippen molar-refractivity contribution in [2.75, 3.05) is 19.7 Å². The molecule has 4 aromatic rings. The van der Waals surface area contributed by atoms with Gasteiger partial charge in [0.1, 0.15) is 17.0 Å². The van der Waals surface area contributed by atoms with Crippen LogP contribution in [0.1, 0.15) is 37.9 Å². The van der Waals surface area contributed by atoms with Gasteiger partial charge in [-0.05, 0) is 61.1 Å². The summed E-state index contributed by atoms with van der Waals surface area (Å²) in [6.45, 7) is 6.00. The zero-order valence-corrected chi connectivity index (χ0v) is 20.0. The van der Waals surface area contributed by atoms with E-state index in [4.69, 9.17) is 0 Å². The molecular weight excluding hydrogens is 445 g/mol. The zero-order chi connectivity index (χ0) is 24.5. The van der Waals surface area contributed by atoms with Crippen LogP contribution in [0.2, 0.25) is 0 Å². The number of phenols is 1. The van der Waals surface area contributed by atoms with Crippen LogP contribution >= 0.6 is 0 Å². The van der Waals surface area contributed by atoms with Crippen molar-refractivity contribution in [2.45, 2.75) is 39.2 Å². The van der Waals surface area contributed by atoms with Gasteiger partial charge < -0.3 is 15.2 Å². The minimum absolute atomic E-state index is 0.168. The highest BCUT2D eigenvalue weighted by Gasteiger charge is 2.22. The Balaban J connectivity index is 1.46. The van der Waals surface area contributed by atoms with E-state index in [1.54, 1.807) is 24.3 Å². The van der Waals surface area contributed by atoms with Gasteiger partial charge in [-0.25, -0.2) is 9.37 Å². The van der Waals surface area contributed by atoms with Crippen LogP contribution in [0.5, 0.6) is 5.75 Å². The lowest BCUT2D eigenvalue weighted by atomic mass is 9.96. The maximum atomic E-state index is 15.6. The lowest BCUT2D eigenvalue weighted by Crippen LogP contribution is -2.37. The third-order valence-electron chi connectivity index (χ3n) is 6.89. The van der Waals surface area contributed by atoms with Gasteiger partial charge in [0.05, 0.1) is 11.9 Å². The first-order chi connectivity index (χ1) is 17.0. The fraction of sp³-hybridized carbons (Fsp3) is 0.333. The molecule has 0 saturated heterocycles. The van der Waals surface area contributed by atoms with Crippen molar-refractivity contribution in [3.05, 3.63) is 59.7 Å². The number of hydrogen-bond donors (Lipinski definition) is 4. The highest BCUT2D eigenvalue weighted by molar-refractivity contribution is 5.95. The van der Waals surface area contributed by atoms with Gasteiger partial charge in [0.25, 0.3) is 0 Å². The van der Waals surface area contributed by atoms with Crippen molar-refractivity contribution in [3.8, 4) is 28.4 Å². The second-order valence-electron chi connectivity index (χ2n) is 9.12. The van der Waals surface area contributed by atoms with E-state index in [0.717, 1.165) is 48.3 Å². The van der Waals surface area contributed by atoms with Crippen LogP contribution in [0, 0.1) is 5.82 Å². The minimum Gasteiger partial charge on any atom is -0.508 e. The summed E-state index contributed by atoms with van der Waals surface area (Å²) in [5, 5.41) is 26.9. The molecule has 0 radical (unpaired) electrons. The smallest absolute Gasteiger partial charge is 0.159 e. The first-order valence-corrected chi connectivity index (χ1v) is 12.1. The van der Waals surface area contributed by atoms with Crippen LogP contribution < -0.4 is 0 Å². The molecule has 2 aromatic heterocycles. The van der Waals surface area contributed by atoms with Crippen LogP contribution in [0.15, 0.2) is 42.6 Å². The number of halogens is 1. The van der Waals surface area contributed by atoms with Gasteiger partial charge in [-0.1, -0.05) is 25.1 Å². The number of aryl methyl sites for hydroxylation is 1. The molecule has 0 bridgehead atoms. The van der Waals surface area contributed by atoms with Crippen molar-refractivity contribution in [2.24, 2.45) is 0 Å². The second-order valence-corrected chi connectivity index (χ2v) is 9.12. The van der Waals surface area contributed by atoms with Crippen LogP contribution in [0.4, 0.5) is 4.39 Å². The second kappa shape index (κ2) is 9.64. The summed E-state index contributed by atoms with van der Waals surface area (Å²) in [6, 6.07) is 9.04. The van der Waals surface area contributed by atoms with Gasteiger partial charge in [0, 0.05) is 36.7 Å². The molecule has 5 rings (SSSR count). The standard InChI is InChI=1S/C27H30FN5O2/c1-3-17-13-19(35)7-8-20(17)21-9-10-22-25(24(21)28)31-32-26(22)27-29-14-23(30-27)18-6-5-16(2)33(15-18)11-4-12-34/h6-10,13-14,16,34-35H,3-5,11-12,15H2,1-2H3,(H,29,30)(H,31,32). The topological polar surface area (TPSA) is 101 Å². The number of aromatic hydroxyl groups is 1. The van der Waals surface area contributed by atoms with E-state index in [2.05, 4.69) is 38.1 Å². The summed E-state index contributed by atoms with van der Waals surface area (Å²) in [6.07, 6.45) is 6.41. The zero-order valence-electron chi connectivity index (χ0n) is 20.0. The Morgan fingerprint density at radius 3 is 2.83 bits per heavy atom. The summed E-state index contributed by atoms with van der Waals surface area (Å²) in [5.74, 6) is 0.373. The average Bonchev–Trinajstić information content (AvgIpc) is 3.52. The van der Waals surface area contributed by atoms with Crippen LogP contribution in [0.25, 0.3) is 39.1 Å². The number of imidazole rings is 1. The van der Waals surface area contributed by atoms with Gasteiger partial charge in [-0.15, -0.1) is 0 Å². The van der Waals surface area contributed by atoms with E-state index in [1.165, 1.54) is 0 Å². The van der Waals surface area contributed by atoms with Gasteiger partial charge in [0.2, 0.25) is 0 Å². The quantitative estimate of drug-likeness (QED) is 0.305. The van der Waals surface area contributed by atoms with E-state index in [1.807, 2.05) is 19.2 Å². The minimum atomic E-state index is -0.402. The SMILES string of the molecule is CCc1cc(O)ccc1-c1ccc2c(-c3ncc(C4=CCC(C)N(CCCO)C4)[nH]3)[nH]nc2c1F. The number of nitrogens with one attached hydrogen (secondary N) is 2. The van der Waals surface area contributed by atoms with Gasteiger partial charge in [-0.3, -0.25) is 10.00 Å². The van der Waals surface area contributed by atoms with Crippen LogP contribution in [-0.2, 0) is 6.42 Å². The first kappa shape index (κ1) is 23.3. The molecule has 8 heteroatoms. The third kappa shape index (κ3) is 4.35. The maximum absolute atomic E-state index is 15.6. The fourth-order valence-corrected chi connectivity index (χ4v) is 4.85. The summed E-state index contributed by atoms with van der Waals surface area (Å²) >= 11 is 0. The molecule has 1 aliphatic heterocycles. The number of nitrogens with zero attached hydrogens (tertiary/aromatic N) is 3. The Morgan fingerprint density at radius 1 is 1.20 bits per heavy atom. The summed E-state index contributed by atoms with van der Waals surface area (Å²) in [5.41, 5.74) is 5.06. The first-order valence-electron chi connectivity index (χ1n) is 12.1. The number of phenolic OH excluding ortho intramolecular Hbond substituents is 1. The number of H-pyrrole nitrogens is 2. The summed E-state index contributed by atoms with van der Waals surface area (Å²) in [7, 11) is 0. The number of hydrogen-bond acceptors (Lipinski definition) is 5. The van der Waals surface area contributed by atoms with Crippen LogP contribution in [-0.4, -0.2) is 61.0 Å². The third-order valence-corrected chi connectivity index (χ3v) is 6.89. The highest BCUT2D eigenvalue weighted by Crippen LogP contribution is 2.35.